The Bertz CT molecular complexity index is 1510. The zero-order valence-corrected chi connectivity index (χ0v) is 19.1. The first-order chi connectivity index (χ1) is 16.3. The van der Waals surface area contributed by atoms with Crippen molar-refractivity contribution < 1.29 is 19.2 Å². The molecule has 1 N–H and O–H groups in total. The maximum atomic E-state index is 13.4. The number of ether oxygens (including phenoxy) is 1. The topological polar surface area (TPSA) is 133 Å². The van der Waals surface area contributed by atoms with Gasteiger partial charge in [0.15, 0.2) is 5.69 Å². The predicted octanol–water partition coefficient (Wildman–Crippen LogP) is 4.44. The average Bonchev–Trinajstić information content (AvgIpc) is 3.23. The Labute approximate surface area is 200 Å². The zero-order chi connectivity index (χ0) is 24.4. The van der Waals surface area contributed by atoms with Gasteiger partial charge in [0.2, 0.25) is 0 Å². The maximum Gasteiger partial charge on any atom is 0.359 e. The molecule has 2 aromatic carbocycles. The molecule has 2 aromatic heterocycles. The lowest BCUT2D eigenvalue weighted by Gasteiger charge is -2.10. The van der Waals surface area contributed by atoms with Gasteiger partial charge in [0.05, 0.1) is 22.6 Å². The molecule has 10 nitrogen and oxygen atoms in total. The van der Waals surface area contributed by atoms with Crippen LogP contribution in [0.2, 0.25) is 5.02 Å². The first-order valence-electron chi connectivity index (χ1n) is 9.83. The Hall–Kier alpha value is -4.09. The fourth-order valence-electron chi connectivity index (χ4n) is 3.21. The number of nitrogens with zero attached hydrogens (tertiary/aromatic N) is 3. The summed E-state index contributed by atoms with van der Waals surface area (Å²) in [6.45, 7) is 1.74. The third-order valence-electron chi connectivity index (χ3n) is 4.72. The summed E-state index contributed by atoms with van der Waals surface area (Å²) in [6.07, 6.45) is 0. The van der Waals surface area contributed by atoms with E-state index in [-0.39, 0.29) is 39.3 Å². The van der Waals surface area contributed by atoms with Crippen LogP contribution in [0.5, 0.6) is 0 Å². The number of nitrogens with one attached hydrogen (secondary N) is 1. The second-order valence-electron chi connectivity index (χ2n) is 6.88. The van der Waals surface area contributed by atoms with Gasteiger partial charge in [-0.2, -0.15) is 9.78 Å². The first kappa shape index (κ1) is 23.1. The van der Waals surface area contributed by atoms with Crippen molar-refractivity contribution in [3.8, 4) is 5.69 Å². The van der Waals surface area contributed by atoms with Crippen molar-refractivity contribution in [1.82, 2.24) is 9.78 Å². The molecule has 0 spiro atoms. The average molecular weight is 499 g/mol. The number of hydrogen-bond acceptors (Lipinski definition) is 8. The lowest BCUT2D eigenvalue weighted by atomic mass is 10.2. The molecule has 0 atom stereocenters. The normalized spacial score (nSPS) is 10.8. The van der Waals surface area contributed by atoms with Gasteiger partial charge in [0, 0.05) is 33.5 Å². The van der Waals surface area contributed by atoms with E-state index in [4.69, 9.17) is 16.3 Å². The van der Waals surface area contributed by atoms with Crippen LogP contribution >= 0.6 is 22.9 Å². The monoisotopic (exact) mass is 498 g/mol. The van der Waals surface area contributed by atoms with Crippen molar-refractivity contribution in [3.63, 3.8) is 0 Å². The highest BCUT2D eigenvalue weighted by atomic mass is 35.5. The molecule has 34 heavy (non-hydrogen) atoms. The number of esters is 1. The minimum absolute atomic E-state index is 0.0330. The third-order valence-corrected chi connectivity index (χ3v) is 5.85. The smallest absolute Gasteiger partial charge is 0.359 e. The standard InChI is InChI=1S/C22H15ClN4O6S/c1-2-33-22(30)18-16-11-34-20(24-19(28)12-5-3-8-15(9-12)27(31)32)17(16)21(29)26(25-18)14-7-4-6-13(23)10-14/h3-11H,2H2,1H3,(H,24,28). The number of anilines is 1. The van der Waals surface area contributed by atoms with E-state index in [0.717, 1.165) is 22.1 Å². The fourth-order valence-corrected chi connectivity index (χ4v) is 4.33. The lowest BCUT2D eigenvalue weighted by Crippen LogP contribution is -2.25. The fraction of sp³-hybridized carbons (Fsp3) is 0.0909. The van der Waals surface area contributed by atoms with Gasteiger partial charge in [0.25, 0.3) is 17.2 Å². The number of hydrogen-bond donors (Lipinski definition) is 1. The van der Waals surface area contributed by atoms with E-state index in [9.17, 15) is 24.5 Å². The molecular weight excluding hydrogens is 484 g/mol. The summed E-state index contributed by atoms with van der Waals surface area (Å²) in [4.78, 5) is 49.2. The summed E-state index contributed by atoms with van der Waals surface area (Å²) in [5.74, 6) is -1.40. The number of carbonyl (C=O) groups is 2. The number of carbonyl (C=O) groups excluding carboxylic acids is 2. The number of thiophene rings is 1. The number of nitro groups is 1. The summed E-state index contributed by atoms with van der Waals surface area (Å²) in [5, 5.41) is 20.1. The van der Waals surface area contributed by atoms with Crippen molar-refractivity contribution in [3.05, 3.63) is 90.7 Å². The van der Waals surface area contributed by atoms with Gasteiger partial charge in [-0.15, -0.1) is 11.3 Å². The number of benzene rings is 2. The highest BCUT2D eigenvalue weighted by Gasteiger charge is 2.23. The molecule has 172 valence electrons. The van der Waals surface area contributed by atoms with Gasteiger partial charge in [-0.05, 0) is 31.2 Å². The number of aromatic nitrogens is 2. The molecule has 0 fully saturated rings. The third kappa shape index (κ3) is 4.38. The van der Waals surface area contributed by atoms with E-state index in [1.165, 1.54) is 29.6 Å². The number of halogens is 1. The van der Waals surface area contributed by atoms with Crippen molar-refractivity contribution in [2.24, 2.45) is 0 Å². The van der Waals surface area contributed by atoms with Crippen molar-refractivity contribution >= 4 is 56.3 Å². The Morgan fingerprint density at radius 3 is 2.71 bits per heavy atom. The van der Waals surface area contributed by atoms with E-state index in [2.05, 4.69) is 10.4 Å². The predicted molar refractivity (Wildman–Crippen MR) is 127 cm³/mol. The quantitative estimate of drug-likeness (QED) is 0.236. The molecule has 0 bridgehead atoms. The van der Waals surface area contributed by atoms with Gasteiger partial charge in [0.1, 0.15) is 5.00 Å². The molecule has 0 unspecified atom stereocenters. The number of amides is 1. The Kier molecular flexibility index (Phi) is 6.39. The number of rotatable bonds is 6. The number of nitro benzene ring substituents is 1. The molecular formula is C22H15ClN4O6S. The van der Waals surface area contributed by atoms with E-state index in [1.807, 2.05) is 0 Å². The van der Waals surface area contributed by atoms with E-state index >= 15 is 0 Å². The molecule has 4 rings (SSSR count). The van der Waals surface area contributed by atoms with Crippen LogP contribution in [-0.4, -0.2) is 33.2 Å². The minimum atomic E-state index is -0.738. The molecule has 0 aliphatic rings. The second-order valence-corrected chi connectivity index (χ2v) is 8.20. The summed E-state index contributed by atoms with van der Waals surface area (Å²) in [5.41, 5.74) is -0.608. The van der Waals surface area contributed by atoms with Crippen LogP contribution in [0.4, 0.5) is 10.7 Å². The SMILES string of the molecule is CCOC(=O)c1nn(-c2cccc(Cl)c2)c(=O)c2c(NC(=O)c3cccc([N+](=O)[O-])c3)scc12. The van der Waals surface area contributed by atoms with Gasteiger partial charge in [-0.25, -0.2) is 4.79 Å². The molecule has 0 saturated heterocycles. The molecule has 0 aliphatic heterocycles. The summed E-state index contributed by atoms with van der Waals surface area (Å²) in [6, 6.07) is 11.5. The molecule has 4 aromatic rings. The van der Waals surface area contributed by atoms with Crippen molar-refractivity contribution in [1.29, 1.82) is 0 Å². The minimum Gasteiger partial charge on any atom is -0.461 e. The largest absolute Gasteiger partial charge is 0.461 e. The van der Waals surface area contributed by atoms with Crippen LogP contribution in [0.1, 0.15) is 27.8 Å². The van der Waals surface area contributed by atoms with Crippen LogP contribution in [-0.2, 0) is 4.74 Å². The first-order valence-corrected chi connectivity index (χ1v) is 11.1. The highest BCUT2D eigenvalue weighted by Crippen LogP contribution is 2.31. The highest BCUT2D eigenvalue weighted by molar-refractivity contribution is 7.16. The van der Waals surface area contributed by atoms with Crippen molar-refractivity contribution in [2.45, 2.75) is 6.92 Å². The Balaban J connectivity index is 1.86. The van der Waals surface area contributed by atoms with E-state index in [1.54, 1.807) is 25.1 Å². The summed E-state index contributed by atoms with van der Waals surface area (Å²) < 4.78 is 6.11. The number of non-ortho nitro benzene ring substituents is 1. The van der Waals surface area contributed by atoms with Crippen LogP contribution in [0, 0.1) is 10.1 Å². The van der Waals surface area contributed by atoms with Gasteiger partial charge in [-0.3, -0.25) is 19.7 Å². The molecule has 12 heteroatoms. The molecule has 0 radical (unpaired) electrons. The van der Waals surface area contributed by atoms with E-state index in [0.29, 0.717) is 10.7 Å². The Morgan fingerprint density at radius 2 is 2.00 bits per heavy atom. The van der Waals surface area contributed by atoms with Crippen LogP contribution in [0.3, 0.4) is 0 Å². The van der Waals surface area contributed by atoms with Gasteiger partial charge in [-0.1, -0.05) is 23.7 Å². The zero-order valence-electron chi connectivity index (χ0n) is 17.5. The maximum absolute atomic E-state index is 13.4. The molecule has 1 amide bonds. The van der Waals surface area contributed by atoms with Crippen LogP contribution in [0.25, 0.3) is 16.5 Å². The lowest BCUT2D eigenvalue weighted by molar-refractivity contribution is -0.384. The summed E-state index contributed by atoms with van der Waals surface area (Å²) in [7, 11) is 0. The van der Waals surface area contributed by atoms with Crippen molar-refractivity contribution in [2.75, 3.05) is 11.9 Å². The van der Waals surface area contributed by atoms with Gasteiger partial charge < -0.3 is 10.1 Å². The second kappa shape index (κ2) is 9.41. The number of fused-ring (bicyclic) bond motifs is 1. The van der Waals surface area contributed by atoms with Crippen LogP contribution < -0.4 is 10.9 Å². The Morgan fingerprint density at radius 1 is 1.24 bits per heavy atom. The molecule has 2 heterocycles. The molecule has 0 saturated carbocycles. The molecule has 0 aliphatic carbocycles. The van der Waals surface area contributed by atoms with Gasteiger partial charge >= 0.3 is 5.97 Å². The summed E-state index contributed by atoms with van der Waals surface area (Å²) >= 11 is 7.08. The van der Waals surface area contributed by atoms with E-state index < -0.39 is 22.4 Å². The van der Waals surface area contributed by atoms with Crippen LogP contribution in [0.15, 0.2) is 58.7 Å².